The minimum Gasteiger partial charge on any atom is -0.338 e. The Morgan fingerprint density at radius 2 is 1.71 bits per heavy atom. The Balaban J connectivity index is 1.63. The summed E-state index contributed by atoms with van der Waals surface area (Å²) >= 11 is 0. The third-order valence-electron chi connectivity index (χ3n) is 3.03. The topological polar surface area (TPSA) is 54.0 Å². The molecular formula is C16H18FN3O. The van der Waals surface area contributed by atoms with E-state index in [1.54, 1.807) is 24.4 Å². The van der Waals surface area contributed by atoms with Crippen LogP contribution in [0, 0.1) is 5.82 Å². The Morgan fingerprint density at radius 1 is 1.00 bits per heavy atom. The van der Waals surface area contributed by atoms with Gasteiger partial charge in [0.25, 0.3) is 0 Å². The summed E-state index contributed by atoms with van der Waals surface area (Å²) in [5.74, 6) is -0.241. The minimum atomic E-state index is -0.248. The first-order valence-corrected chi connectivity index (χ1v) is 6.91. The predicted molar refractivity (Wildman–Crippen MR) is 79.4 cm³/mol. The van der Waals surface area contributed by atoms with E-state index in [4.69, 9.17) is 0 Å². The minimum absolute atomic E-state index is 0.241. The lowest BCUT2D eigenvalue weighted by Gasteiger charge is -2.08. The molecule has 0 aliphatic heterocycles. The molecule has 21 heavy (non-hydrogen) atoms. The molecule has 2 amide bonds. The Bertz CT molecular complexity index is 575. The van der Waals surface area contributed by atoms with Crippen molar-refractivity contribution < 1.29 is 9.18 Å². The fourth-order valence-electron chi connectivity index (χ4n) is 1.92. The second-order valence-electron chi connectivity index (χ2n) is 4.60. The summed E-state index contributed by atoms with van der Waals surface area (Å²) in [7, 11) is 0. The van der Waals surface area contributed by atoms with Crippen LogP contribution >= 0.6 is 0 Å². The summed E-state index contributed by atoms with van der Waals surface area (Å²) in [5, 5.41) is 5.46. The largest absolute Gasteiger partial charge is 0.338 e. The molecule has 1 aromatic carbocycles. The van der Waals surface area contributed by atoms with Gasteiger partial charge in [-0.05, 0) is 30.2 Å². The zero-order chi connectivity index (χ0) is 14.9. The molecule has 0 saturated carbocycles. The van der Waals surface area contributed by atoms with Crippen LogP contribution in [0.1, 0.15) is 11.3 Å². The van der Waals surface area contributed by atoms with E-state index in [-0.39, 0.29) is 11.8 Å². The molecule has 2 aromatic rings. The van der Waals surface area contributed by atoms with E-state index in [0.29, 0.717) is 31.5 Å². The first kappa shape index (κ1) is 15.0. The summed E-state index contributed by atoms with van der Waals surface area (Å²) in [5.41, 5.74) is 1.54. The summed E-state index contributed by atoms with van der Waals surface area (Å²) in [6.45, 7) is 0.916. The molecule has 0 radical (unpaired) electrons. The van der Waals surface area contributed by atoms with Crippen LogP contribution in [0.15, 0.2) is 48.7 Å². The molecule has 1 heterocycles. The molecular weight excluding hydrogens is 269 g/mol. The van der Waals surface area contributed by atoms with E-state index in [2.05, 4.69) is 15.6 Å². The molecule has 0 fully saturated rings. The number of hydrogen-bond acceptors (Lipinski definition) is 2. The van der Waals surface area contributed by atoms with Crippen LogP contribution in [0.2, 0.25) is 0 Å². The number of aromatic nitrogens is 1. The second kappa shape index (κ2) is 7.99. The van der Waals surface area contributed by atoms with Gasteiger partial charge in [-0.15, -0.1) is 0 Å². The number of rotatable bonds is 6. The first-order chi connectivity index (χ1) is 10.3. The highest BCUT2D eigenvalue weighted by Crippen LogP contribution is 2.05. The number of nitrogens with one attached hydrogen (secondary N) is 2. The Hall–Kier alpha value is -2.43. The van der Waals surface area contributed by atoms with Crippen molar-refractivity contribution in [2.24, 2.45) is 0 Å². The number of carbonyl (C=O) groups is 1. The number of hydrogen-bond donors (Lipinski definition) is 2. The van der Waals surface area contributed by atoms with Gasteiger partial charge in [-0.1, -0.05) is 24.3 Å². The highest BCUT2D eigenvalue weighted by molar-refractivity contribution is 5.73. The molecule has 0 saturated heterocycles. The normalized spacial score (nSPS) is 10.1. The maximum Gasteiger partial charge on any atom is 0.314 e. The van der Waals surface area contributed by atoms with Gasteiger partial charge in [0.2, 0.25) is 0 Å². The summed E-state index contributed by atoms with van der Waals surface area (Å²) in [6.07, 6.45) is 2.88. The standard InChI is InChI=1S/C16H18FN3O/c17-15-7-2-1-5-13(15)8-11-19-16(21)20-12-9-14-6-3-4-10-18-14/h1-7,10H,8-9,11-12H2,(H2,19,20,21). The lowest BCUT2D eigenvalue weighted by molar-refractivity contribution is 0.241. The number of amides is 2. The Labute approximate surface area is 123 Å². The van der Waals surface area contributed by atoms with Gasteiger partial charge in [0.1, 0.15) is 5.82 Å². The van der Waals surface area contributed by atoms with Crippen molar-refractivity contribution >= 4 is 6.03 Å². The Kier molecular flexibility index (Phi) is 5.70. The molecule has 110 valence electrons. The highest BCUT2D eigenvalue weighted by Gasteiger charge is 2.03. The zero-order valence-electron chi connectivity index (χ0n) is 11.7. The molecule has 4 nitrogen and oxygen atoms in total. The van der Waals surface area contributed by atoms with Crippen molar-refractivity contribution in [3.63, 3.8) is 0 Å². The molecule has 0 aliphatic carbocycles. The third kappa shape index (κ3) is 5.22. The highest BCUT2D eigenvalue weighted by atomic mass is 19.1. The number of nitrogens with zero attached hydrogens (tertiary/aromatic N) is 1. The van der Waals surface area contributed by atoms with Crippen molar-refractivity contribution in [1.82, 2.24) is 15.6 Å². The molecule has 2 rings (SSSR count). The van der Waals surface area contributed by atoms with Gasteiger partial charge in [0.15, 0.2) is 0 Å². The molecule has 0 atom stereocenters. The number of benzene rings is 1. The van der Waals surface area contributed by atoms with Crippen molar-refractivity contribution in [2.75, 3.05) is 13.1 Å². The van der Waals surface area contributed by atoms with Crippen LogP contribution in [0.5, 0.6) is 0 Å². The van der Waals surface area contributed by atoms with Gasteiger partial charge < -0.3 is 10.6 Å². The monoisotopic (exact) mass is 287 g/mol. The molecule has 0 unspecified atom stereocenters. The van der Waals surface area contributed by atoms with Crippen LogP contribution in [0.3, 0.4) is 0 Å². The van der Waals surface area contributed by atoms with Crippen LogP contribution < -0.4 is 10.6 Å². The molecule has 0 bridgehead atoms. The SMILES string of the molecule is O=C(NCCc1ccccn1)NCCc1ccccc1F. The van der Waals surface area contributed by atoms with Crippen LogP contribution in [0.25, 0.3) is 0 Å². The van der Waals surface area contributed by atoms with E-state index >= 15 is 0 Å². The Morgan fingerprint density at radius 3 is 2.43 bits per heavy atom. The van der Waals surface area contributed by atoms with Gasteiger partial charge in [0, 0.05) is 31.4 Å². The lowest BCUT2D eigenvalue weighted by Crippen LogP contribution is -2.37. The van der Waals surface area contributed by atoms with Crippen molar-refractivity contribution in [1.29, 1.82) is 0 Å². The fraction of sp³-hybridized carbons (Fsp3) is 0.250. The number of halogens is 1. The van der Waals surface area contributed by atoms with Crippen LogP contribution in [-0.4, -0.2) is 24.1 Å². The molecule has 0 spiro atoms. The van der Waals surface area contributed by atoms with Crippen LogP contribution in [0.4, 0.5) is 9.18 Å². The fourth-order valence-corrected chi connectivity index (χ4v) is 1.92. The quantitative estimate of drug-likeness (QED) is 0.856. The first-order valence-electron chi connectivity index (χ1n) is 6.91. The van der Waals surface area contributed by atoms with Crippen molar-refractivity contribution in [3.8, 4) is 0 Å². The van der Waals surface area contributed by atoms with E-state index in [1.165, 1.54) is 6.07 Å². The smallest absolute Gasteiger partial charge is 0.314 e. The molecule has 5 heteroatoms. The van der Waals surface area contributed by atoms with E-state index in [9.17, 15) is 9.18 Å². The van der Waals surface area contributed by atoms with Crippen molar-refractivity contribution in [3.05, 3.63) is 65.7 Å². The number of carbonyl (C=O) groups excluding carboxylic acids is 1. The van der Waals surface area contributed by atoms with Gasteiger partial charge in [-0.3, -0.25) is 4.98 Å². The molecule has 0 aliphatic rings. The van der Waals surface area contributed by atoms with Gasteiger partial charge in [-0.2, -0.15) is 0 Å². The molecule has 1 aromatic heterocycles. The number of urea groups is 1. The average molecular weight is 287 g/mol. The zero-order valence-corrected chi connectivity index (χ0v) is 11.7. The van der Waals surface area contributed by atoms with E-state index in [0.717, 1.165) is 5.69 Å². The van der Waals surface area contributed by atoms with E-state index in [1.807, 2.05) is 18.2 Å². The summed E-state index contributed by atoms with van der Waals surface area (Å²) in [4.78, 5) is 15.7. The summed E-state index contributed by atoms with van der Waals surface area (Å²) in [6, 6.07) is 12.0. The molecule has 2 N–H and O–H groups in total. The number of pyridine rings is 1. The maximum atomic E-state index is 13.4. The van der Waals surface area contributed by atoms with Crippen molar-refractivity contribution in [2.45, 2.75) is 12.8 Å². The van der Waals surface area contributed by atoms with Gasteiger partial charge in [-0.25, -0.2) is 9.18 Å². The van der Waals surface area contributed by atoms with Gasteiger partial charge in [0.05, 0.1) is 0 Å². The van der Waals surface area contributed by atoms with Gasteiger partial charge >= 0.3 is 6.03 Å². The maximum absolute atomic E-state index is 13.4. The average Bonchev–Trinajstić information content (AvgIpc) is 2.50. The second-order valence-corrected chi connectivity index (χ2v) is 4.60. The summed E-state index contributed by atoms with van der Waals surface area (Å²) < 4.78 is 13.4. The lowest BCUT2D eigenvalue weighted by atomic mass is 10.1. The van der Waals surface area contributed by atoms with Crippen LogP contribution in [-0.2, 0) is 12.8 Å². The van der Waals surface area contributed by atoms with E-state index < -0.39 is 0 Å². The third-order valence-corrected chi connectivity index (χ3v) is 3.03. The predicted octanol–water partition coefficient (Wildman–Crippen LogP) is 2.31.